The van der Waals surface area contributed by atoms with E-state index in [0.29, 0.717) is 5.56 Å². The molecule has 3 nitrogen and oxygen atoms in total. The van der Waals surface area contributed by atoms with Crippen molar-refractivity contribution in [2.24, 2.45) is 0 Å². The van der Waals surface area contributed by atoms with Crippen LogP contribution < -0.4 is 4.90 Å². The Hall–Kier alpha value is -1.05. The Morgan fingerprint density at radius 2 is 2.20 bits per heavy atom. The molecule has 0 saturated carbocycles. The summed E-state index contributed by atoms with van der Waals surface area (Å²) in [5, 5.41) is 17.9. The van der Waals surface area contributed by atoms with Gasteiger partial charge in [0.15, 0.2) is 0 Å². The molecular weight excluding hydrogens is 256 g/mol. The van der Waals surface area contributed by atoms with E-state index in [1.807, 2.05) is 24.9 Å². The minimum absolute atomic E-state index is 0.0332. The zero-order valence-electron chi connectivity index (χ0n) is 8.74. The van der Waals surface area contributed by atoms with Crippen molar-refractivity contribution >= 4 is 21.6 Å². The van der Waals surface area contributed by atoms with Crippen molar-refractivity contribution in [1.82, 2.24) is 0 Å². The molecule has 0 spiro atoms. The lowest BCUT2D eigenvalue weighted by Gasteiger charge is -2.25. The average molecular weight is 269 g/mol. The molecule has 0 amide bonds. The van der Waals surface area contributed by atoms with Gasteiger partial charge in [-0.05, 0) is 25.1 Å². The van der Waals surface area contributed by atoms with Gasteiger partial charge in [-0.1, -0.05) is 15.9 Å². The van der Waals surface area contributed by atoms with Crippen LogP contribution in [0.15, 0.2) is 22.7 Å². The molecule has 4 heteroatoms. The first-order valence-corrected chi connectivity index (χ1v) is 5.42. The molecule has 1 atom stereocenters. The third-order valence-corrected chi connectivity index (χ3v) is 2.80. The Morgan fingerprint density at radius 3 is 2.73 bits per heavy atom. The number of halogens is 1. The maximum atomic E-state index is 9.04. The van der Waals surface area contributed by atoms with Crippen LogP contribution in [0.1, 0.15) is 12.5 Å². The molecule has 1 rings (SSSR count). The summed E-state index contributed by atoms with van der Waals surface area (Å²) in [7, 11) is 1.89. The maximum absolute atomic E-state index is 9.04. The molecular formula is C11H13BrN2O. The molecule has 1 aromatic rings. The Balaban J connectivity index is 3.04. The van der Waals surface area contributed by atoms with Crippen molar-refractivity contribution in [3.8, 4) is 6.07 Å². The highest BCUT2D eigenvalue weighted by molar-refractivity contribution is 9.10. The highest BCUT2D eigenvalue weighted by Gasteiger charge is 2.10. The molecule has 0 saturated heterocycles. The molecule has 0 fully saturated rings. The second kappa shape index (κ2) is 5.15. The number of nitrogens with zero attached hydrogens (tertiary/aromatic N) is 2. The predicted octanol–water partition coefficient (Wildman–Crippen LogP) is 2.14. The Morgan fingerprint density at radius 1 is 1.53 bits per heavy atom. The summed E-state index contributed by atoms with van der Waals surface area (Å²) in [6, 6.07) is 7.62. The maximum Gasteiger partial charge on any atom is 0.0992 e. The van der Waals surface area contributed by atoms with Gasteiger partial charge in [-0.25, -0.2) is 0 Å². The summed E-state index contributed by atoms with van der Waals surface area (Å²) in [5.74, 6) is 0. The summed E-state index contributed by atoms with van der Waals surface area (Å²) < 4.78 is 0.869. The molecule has 0 aliphatic heterocycles. The third kappa shape index (κ3) is 2.95. The molecule has 1 N–H and O–H groups in total. The topological polar surface area (TPSA) is 47.3 Å². The average Bonchev–Trinajstić information content (AvgIpc) is 2.26. The lowest BCUT2D eigenvalue weighted by molar-refractivity contribution is 0.270. The molecule has 0 radical (unpaired) electrons. The van der Waals surface area contributed by atoms with Gasteiger partial charge in [-0.3, -0.25) is 0 Å². The van der Waals surface area contributed by atoms with E-state index in [1.165, 1.54) is 0 Å². The van der Waals surface area contributed by atoms with E-state index in [4.69, 9.17) is 10.4 Å². The fraction of sp³-hybridized carbons (Fsp3) is 0.364. The van der Waals surface area contributed by atoms with E-state index in [2.05, 4.69) is 22.0 Å². The van der Waals surface area contributed by atoms with Gasteiger partial charge >= 0.3 is 0 Å². The molecule has 0 aromatic heterocycles. The number of anilines is 1. The van der Waals surface area contributed by atoms with Gasteiger partial charge in [0.05, 0.1) is 18.2 Å². The van der Waals surface area contributed by atoms with Gasteiger partial charge in [0, 0.05) is 23.2 Å². The largest absolute Gasteiger partial charge is 0.394 e. The standard InChI is InChI=1S/C11H13BrN2O/c1-8(7-15)14(2)11-4-9(6-13)3-10(12)5-11/h3-5,8,15H,7H2,1-2H3. The van der Waals surface area contributed by atoms with Crippen molar-refractivity contribution in [1.29, 1.82) is 5.26 Å². The zero-order chi connectivity index (χ0) is 11.4. The molecule has 80 valence electrons. The minimum Gasteiger partial charge on any atom is -0.394 e. The molecule has 1 unspecified atom stereocenters. The molecule has 0 aliphatic rings. The van der Waals surface area contributed by atoms with E-state index >= 15 is 0 Å². The number of likely N-dealkylation sites (N-methyl/N-ethyl adjacent to an activating group) is 1. The summed E-state index contributed by atoms with van der Waals surface area (Å²) in [4.78, 5) is 1.94. The first kappa shape index (κ1) is 12.0. The number of rotatable bonds is 3. The van der Waals surface area contributed by atoms with Crippen molar-refractivity contribution in [2.45, 2.75) is 13.0 Å². The van der Waals surface area contributed by atoms with Crippen LogP contribution >= 0.6 is 15.9 Å². The first-order chi connectivity index (χ1) is 7.08. The molecule has 0 heterocycles. The van der Waals surface area contributed by atoms with E-state index < -0.39 is 0 Å². The Labute approximate surface area is 98.1 Å². The van der Waals surface area contributed by atoms with Crippen LogP contribution in [-0.2, 0) is 0 Å². The van der Waals surface area contributed by atoms with Crippen LogP contribution in [0.4, 0.5) is 5.69 Å². The second-order valence-electron chi connectivity index (χ2n) is 3.45. The van der Waals surface area contributed by atoms with Crippen molar-refractivity contribution in [3.63, 3.8) is 0 Å². The van der Waals surface area contributed by atoms with E-state index in [1.54, 1.807) is 12.1 Å². The fourth-order valence-corrected chi connectivity index (χ4v) is 1.70. The SMILES string of the molecule is CC(CO)N(C)c1cc(Br)cc(C#N)c1. The molecule has 15 heavy (non-hydrogen) atoms. The summed E-state index contributed by atoms with van der Waals surface area (Å²) >= 11 is 3.35. The molecule has 0 bridgehead atoms. The number of hydrogen-bond acceptors (Lipinski definition) is 3. The zero-order valence-corrected chi connectivity index (χ0v) is 10.3. The van der Waals surface area contributed by atoms with E-state index in [9.17, 15) is 0 Å². The van der Waals surface area contributed by atoms with E-state index in [-0.39, 0.29) is 12.6 Å². The van der Waals surface area contributed by atoms with E-state index in [0.717, 1.165) is 10.2 Å². The van der Waals surface area contributed by atoms with Gasteiger partial charge in [0.25, 0.3) is 0 Å². The molecule has 1 aromatic carbocycles. The fourth-order valence-electron chi connectivity index (χ4n) is 1.22. The highest BCUT2D eigenvalue weighted by Crippen LogP contribution is 2.23. The minimum atomic E-state index is 0.0332. The quantitative estimate of drug-likeness (QED) is 0.914. The Kier molecular flexibility index (Phi) is 4.13. The smallest absolute Gasteiger partial charge is 0.0992 e. The van der Waals surface area contributed by atoms with Crippen LogP contribution in [0.25, 0.3) is 0 Å². The summed E-state index contributed by atoms with van der Waals surface area (Å²) in [5.41, 5.74) is 1.53. The van der Waals surface area contributed by atoms with Gasteiger partial charge < -0.3 is 10.0 Å². The second-order valence-corrected chi connectivity index (χ2v) is 4.37. The lowest BCUT2D eigenvalue weighted by Crippen LogP contribution is -2.31. The third-order valence-electron chi connectivity index (χ3n) is 2.34. The van der Waals surface area contributed by atoms with Crippen LogP contribution in [-0.4, -0.2) is 24.8 Å². The Bertz CT molecular complexity index is 387. The van der Waals surface area contributed by atoms with Gasteiger partial charge in [0.1, 0.15) is 0 Å². The number of benzene rings is 1. The van der Waals surface area contributed by atoms with Gasteiger partial charge in [-0.15, -0.1) is 0 Å². The van der Waals surface area contributed by atoms with Crippen molar-refractivity contribution in [2.75, 3.05) is 18.6 Å². The summed E-state index contributed by atoms with van der Waals surface area (Å²) in [6.07, 6.45) is 0. The number of aliphatic hydroxyl groups excluding tert-OH is 1. The highest BCUT2D eigenvalue weighted by atomic mass is 79.9. The predicted molar refractivity (Wildman–Crippen MR) is 63.8 cm³/mol. The monoisotopic (exact) mass is 268 g/mol. The first-order valence-electron chi connectivity index (χ1n) is 4.63. The van der Waals surface area contributed by atoms with Crippen molar-refractivity contribution in [3.05, 3.63) is 28.2 Å². The van der Waals surface area contributed by atoms with Gasteiger partial charge in [0.2, 0.25) is 0 Å². The summed E-state index contributed by atoms with van der Waals surface area (Å²) in [6.45, 7) is 2.01. The number of hydrogen-bond donors (Lipinski definition) is 1. The number of nitriles is 1. The van der Waals surface area contributed by atoms with Crippen LogP contribution in [0.3, 0.4) is 0 Å². The molecule has 0 aliphatic carbocycles. The van der Waals surface area contributed by atoms with Crippen LogP contribution in [0, 0.1) is 11.3 Å². The number of aliphatic hydroxyl groups is 1. The lowest BCUT2D eigenvalue weighted by atomic mass is 10.2. The van der Waals surface area contributed by atoms with Crippen LogP contribution in [0.2, 0.25) is 0 Å². The van der Waals surface area contributed by atoms with Gasteiger partial charge in [-0.2, -0.15) is 5.26 Å². The van der Waals surface area contributed by atoms with Crippen molar-refractivity contribution < 1.29 is 5.11 Å². The normalized spacial score (nSPS) is 11.9. The van der Waals surface area contributed by atoms with Crippen LogP contribution in [0.5, 0.6) is 0 Å².